The van der Waals surface area contributed by atoms with E-state index in [9.17, 15) is 14.4 Å². The summed E-state index contributed by atoms with van der Waals surface area (Å²) in [5.74, 6) is -0.918. The van der Waals surface area contributed by atoms with Crippen molar-refractivity contribution < 1.29 is 28.6 Å². The average Bonchev–Trinajstić information content (AvgIpc) is 3.46. The Morgan fingerprint density at radius 1 is 0.263 bits per heavy atom. The quantitative estimate of drug-likeness (QED) is 0.0261. The van der Waals surface area contributed by atoms with E-state index in [1.54, 1.807) is 0 Å². The number of hydrogen-bond donors (Lipinski definition) is 0. The molecule has 0 spiro atoms. The van der Waals surface area contributed by atoms with E-state index in [0.717, 1.165) is 128 Å². The van der Waals surface area contributed by atoms with Gasteiger partial charge in [-0.2, -0.15) is 0 Å². The van der Waals surface area contributed by atoms with E-state index in [-0.39, 0.29) is 37.5 Å². The highest BCUT2D eigenvalue weighted by Gasteiger charge is 2.19. The number of hydrogen-bond acceptors (Lipinski definition) is 6. The van der Waals surface area contributed by atoms with Crippen molar-refractivity contribution in [3.8, 4) is 0 Å². The van der Waals surface area contributed by atoms with Gasteiger partial charge in [-0.1, -0.05) is 303 Å². The molecule has 0 heterocycles. The fraction of sp³-hybridized carbons (Fsp3) is 0.689. The third-order valence-electron chi connectivity index (χ3n) is 14.2. The van der Waals surface area contributed by atoms with Gasteiger partial charge in [0.15, 0.2) is 6.10 Å². The van der Waals surface area contributed by atoms with Crippen molar-refractivity contribution in [3.05, 3.63) is 122 Å². The molecule has 0 aliphatic heterocycles. The van der Waals surface area contributed by atoms with Crippen LogP contribution < -0.4 is 0 Å². The minimum Gasteiger partial charge on any atom is -0.462 e. The standard InChI is InChI=1S/C74H124O6/c1-4-7-10-13-16-19-21-23-25-27-29-30-31-32-33-34-35-36-37-38-39-40-41-42-43-44-46-47-49-51-53-55-58-61-64-67-73(76)79-70-71(69-78-72(75)66-63-60-57-18-15-12-9-6-3)80-74(77)68-65-62-59-56-54-52-50-48-45-28-26-24-22-20-17-14-11-8-5-2/h7-8,10-11,16-17,19-20,23-26,29-30,32-33,45,48,52,54,71H,4-6,9,12-15,18,21-22,27-28,31,34-44,46-47,49-51,53,55-70H2,1-3H3/b10-7-,11-8-,19-16-,20-17-,25-23-,26-24-,30-29-,33-32-,48-45-,54-52-. The Hall–Kier alpha value is -4.19. The van der Waals surface area contributed by atoms with Gasteiger partial charge in [0.2, 0.25) is 0 Å². The van der Waals surface area contributed by atoms with Gasteiger partial charge < -0.3 is 14.2 Å². The monoisotopic (exact) mass is 1110 g/mol. The lowest BCUT2D eigenvalue weighted by Gasteiger charge is -2.18. The van der Waals surface area contributed by atoms with Crippen LogP contribution in [0.25, 0.3) is 0 Å². The van der Waals surface area contributed by atoms with Crippen LogP contribution in [-0.4, -0.2) is 37.2 Å². The van der Waals surface area contributed by atoms with E-state index in [1.807, 2.05) is 0 Å². The number of carbonyl (C=O) groups excluding carboxylic acids is 3. The zero-order valence-corrected chi connectivity index (χ0v) is 52.3. The van der Waals surface area contributed by atoms with E-state index < -0.39 is 6.10 Å². The third-order valence-corrected chi connectivity index (χ3v) is 14.2. The number of allylic oxidation sites excluding steroid dienone is 20. The van der Waals surface area contributed by atoms with Gasteiger partial charge in [-0.05, 0) is 109 Å². The molecular formula is C74H124O6. The first-order chi connectivity index (χ1) is 39.5. The van der Waals surface area contributed by atoms with Crippen molar-refractivity contribution in [2.75, 3.05) is 13.2 Å². The molecule has 6 nitrogen and oxygen atoms in total. The Balaban J connectivity index is 4.08. The van der Waals surface area contributed by atoms with Gasteiger partial charge in [-0.3, -0.25) is 14.4 Å². The predicted molar refractivity (Wildman–Crippen MR) is 348 cm³/mol. The maximum Gasteiger partial charge on any atom is 0.306 e. The fourth-order valence-electron chi connectivity index (χ4n) is 9.26. The Morgan fingerprint density at radius 2 is 0.487 bits per heavy atom. The summed E-state index contributed by atoms with van der Waals surface area (Å²) in [7, 11) is 0. The molecule has 456 valence electrons. The van der Waals surface area contributed by atoms with E-state index in [1.165, 1.54) is 141 Å². The SMILES string of the molecule is CC/C=C\C/C=C\C/C=C\C/C=C\C/C=C\CCCCCCCCCCCCCCCCCCCCCC(=O)OCC(COC(=O)CCCCCCCCCC)OC(=O)CCCCC/C=C\C/C=C\C/C=C\C/C=C\C/C=C\CC. The summed E-state index contributed by atoms with van der Waals surface area (Å²) in [5.41, 5.74) is 0. The third kappa shape index (κ3) is 64.6. The summed E-state index contributed by atoms with van der Waals surface area (Å²) in [6.45, 7) is 6.37. The summed E-state index contributed by atoms with van der Waals surface area (Å²) in [4.78, 5) is 38.1. The van der Waals surface area contributed by atoms with Crippen LogP contribution in [0.2, 0.25) is 0 Å². The van der Waals surface area contributed by atoms with Crippen LogP contribution in [0.15, 0.2) is 122 Å². The number of rotatable bonds is 60. The lowest BCUT2D eigenvalue weighted by atomic mass is 10.0. The second-order valence-electron chi connectivity index (χ2n) is 22.0. The minimum atomic E-state index is -0.794. The van der Waals surface area contributed by atoms with Crippen molar-refractivity contribution in [1.29, 1.82) is 0 Å². The van der Waals surface area contributed by atoms with E-state index >= 15 is 0 Å². The zero-order chi connectivity index (χ0) is 57.8. The van der Waals surface area contributed by atoms with Crippen LogP contribution in [-0.2, 0) is 28.6 Å². The Bertz CT molecular complexity index is 1650. The number of ether oxygens (including phenoxy) is 3. The minimum absolute atomic E-state index is 0.0893. The molecule has 0 aliphatic carbocycles. The molecule has 1 unspecified atom stereocenters. The first kappa shape index (κ1) is 75.8. The van der Waals surface area contributed by atoms with Gasteiger partial charge in [0.1, 0.15) is 13.2 Å². The summed E-state index contributed by atoms with van der Waals surface area (Å²) in [6, 6.07) is 0. The second-order valence-corrected chi connectivity index (χ2v) is 22.0. The fourth-order valence-corrected chi connectivity index (χ4v) is 9.26. The van der Waals surface area contributed by atoms with E-state index in [4.69, 9.17) is 14.2 Å². The van der Waals surface area contributed by atoms with Crippen molar-refractivity contribution in [3.63, 3.8) is 0 Å². The zero-order valence-electron chi connectivity index (χ0n) is 52.3. The summed E-state index contributed by atoms with van der Waals surface area (Å²) in [6.07, 6.45) is 93.9. The van der Waals surface area contributed by atoms with Crippen LogP contribution in [0, 0.1) is 0 Å². The van der Waals surface area contributed by atoms with E-state index in [2.05, 4.69) is 142 Å². The van der Waals surface area contributed by atoms with Crippen LogP contribution >= 0.6 is 0 Å². The molecule has 0 N–H and O–H groups in total. The summed E-state index contributed by atoms with van der Waals surface area (Å²) in [5, 5.41) is 0. The van der Waals surface area contributed by atoms with Crippen molar-refractivity contribution in [2.24, 2.45) is 0 Å². The smallest absolute Gasteiger partial charge is 0.306 e. The molecule has 0 radical (unpaired) electrons. The Morgan fingerprint density at radius 3 is 0.775 bits per heavy atom. The van der Waals surface area contributed by atoms with Crippen LogP contribution in [0.1, 0.15) is 310 Å². The number of carbonyl (C=O) groups is 3. The van der Waals surface area contributed by atoms with Gasteiger partial charge in [0.25, 0.3) is 0 Å². The maximum absolute atomic E-state index is 12.9. The first-order valence-electron chi connectivity index (χ1n) is 33.5. The van der Waals surface area contributed by atoms with Gasteiger partial charge in [-0.15, -0.1) is 0 Å². The summed E-state index contributed by atoms with van der Waals surface area (Å²) < 4.78 is 16.8. The second kappa shape index (κ2) is 67.3. The van der Waals surface area contributed by atoms with Gasteiger partial charge in [0.05, 0.1) is 0 Å². The molecule has 6 heteroatoms. The van der Waals surface area contributed by atoms with Gasteiger partial charge in [-0.25, -0.2) is 0 Å². The molecule has 0 aliphatic rings. The molecule has 80 heavy (non-hydrogen) atoms. The normalized spacial score (nSPS) is 12.9. The lowest BCUT2D eigenvalue weighted by Crippen LogP contribution is -2.30. The molecule has 0 rings (SSSR count). The lowest BCUT2D eigenvalue weighted by molar-refractivity contribution is -0.167. The van der Waals surface area contributed by atoms with Crippen LogP contribution in [0.5, 0.6) is 0 Å². The van der Waals surface area contributed by atoms with Gasteiger partial charge >= 0.3 is 17.9 Å². The molecule has 0 saturated carbocycles. The van der Waals surface area contributed by atoms with Crippen molar-refractivity contribution >= 4 is 17.9 Å². The largest absolute Gasteiger partial charge is 0.462 e. The molecule has 1 atom stereocenters. The van der Waals surface area contributed by atoms with Gasteiger partial charge in [0, 0.05) is 19.3 Å². The summed E-state index contributed by atoms with van der Waals surface area (Å²) >= 11 is 0. The van der Waals surface area contributed by atoms with Crippen molar-refractivity contribution in [1.82, 2.24) is 0 Å². The molecule has 0 bridgehead atoms. The molecule has 0 saturated heterocycles. The highest BCUT2D eigenvalue weighted by molar-refractivity contribution is 5.71. The molecular weight excluding hydrogens is 985 g/mol. The maximum atomic E-state index is 12.9. The molecule has 0 amide bonds. The first-order valence-corrected chi connectivity index (χ1v) is 33.5. The Labute approximate surface area is 494 Å². The van der Waals surface area contributed by atoms with E-state index in [0.29, 0.717) is 12.8 Å². The number of unbranched alkanes of at least 4 members (excludes halogenated alkanes) is 29. The van der Waals surface area contributed by atoms with Crippen LogP contribution in [0.4, 0.5) is 0 Å². The molecule has 0 aromatic heterocycles. The average molecular weight is 1110 g/mol. The predicted octanol–water partition coefficient (Wildman–Crippen LogP) is 23.2. The number of esters is 3. The van der Waals surface area contributed by atoms with Crippen LogP contribution in [0.3, 0.4) is 0 Å². The highest BCUT2D eigenvalue weighted by atomic mass is 16.6. The molecule has 0 aromatic rings. The highest BCUT2D eigenvalue weighted by Crippen LogP contribution is 2.17. The molecule has 0 aromatic carbocycles. The topological polar surface area (TPSA) is 78.9 Å². The van der Waals surface area contributed by atoms with Crippen molar-refractivity contribution in [2.45, 2.75) is 316 Å². The molecule has 0 fully saturated rings. The Kier molecular flexibility index (Phi) is 63.8.